The van der Waals surface area contributed by atoms with Crippen molar-refractivity contribution in [2.45, 2.75) is 31.6 Å². The van der Waals surface area contributed by atoms with Crippen LogP contribution < -0.4 is 15.4 Å². The normalized spacial score (nSPS) is 15.8. The minimum atomic E-state index is -2.88. The van der Waals surface area contributed by atoms with E-state index in [9.17, 15) is 18.7 Å². The molecule has 1 atom stereocenters. The van der Waals surface area contributed by atoms with Gasteiger partial charge in [-0.05, 0) is 30.5 Å². The van der Waals surface area contributed by atoms with E-state index in [-0.39, 0.29) is 24.4 Å². The monoisotopic (exact) mass is 286 g/mol. The van der Waals surface area contributed by atoms with Crippen molar-refractivity contribution in [1.82, 2.24) is 10.6 Å². The molecule has 3 N–H and O–H groups in total. The van der Waals surface area contributed by atoms with Crippen molar-refractivity contribution in [3.63, 3.8) is 0 Å². The zero-order valence-electron chi connectivity index (χ0n) is 10.7. The fourth-order valence-corrected chi connectivity index (χ4v) is 1.64. The maximum absolute atomic E-state index is 12.0. The molecule has 2 amide bonds. The first-order chi connectivity index (χ1) is 9.54. The lowest BCUT2D eigenvalue weighted by Crippen LogP contribution is -2.38. The van der Waals surface area contributed by atoms with Crippen molar-refractivity contribution in [3.05, 3.63) is 29.8 Å². The molecule has 1 aliphatic rings. The van der Waals surface area contributed by atoms with Gasteiger partial charge in [0.05, 0.1) is 6.10 Å². The molecule has 2 rings (SSSR count). The maximum atomic E-state index is 12.0. The molecular formula is C13H16F2N2O3. The lowest BCUT2D eigenvalue weighted by Gasteiger charge is -2.13. The van der Waals surface area contributed by atoms with E-state index in [4.69, 9.17) is 0 Å². The van der Waals surface area contributed by atoms with Crippen molar-refractivity contribution in [1.29, 1.82) is 0 Å². The molecule has 20 heavy (non-hydrogen) atoms. The highest BCUT2D eigenvalue weighted by Crippen LogP contribution is 2.19. The average Bonchev–Trinajstić information content (AvgIpc) is 3.20. The predicted octanol–water partition coefficient (Wildman–Crippen LogP) is 1.78. The van der Waals surface area contributed by atoms with Gasteiger partial charge in [0.15, 0.2) is 0 Å². The third-order valence-electron chi connectivity index (χ3n) is 2.86. The zero-order valence-corrected chi connectivity index (χ0v) is 10.7. The Labute approximate surface area is 114 Å². The minimum Gasteiger partial charge on any atom is -0.435 e. The number of aliphatic hydroxyl groups is 1. The van der Waals surface area contributed by atoms with Crippen LogP contribution in [-0.2, 0) is 0 Å². The van der Waals surface area contributed by atoms with E-state index >= 15 is 0 Å². The lowest BCUT2D eigenvalue weighted by molar-refractivity contribution is -0.0498. The summed E-state index contributed by atoms with van der Waals surface area (Å²) >= 11 is 0. The summed E-state index contributed by atoms with van der Waals surface area (Å²) in [6.07, 6.45) is 1.07. The molecule has 7 heteroatoms. The van der Waals surface area contributed by atoms with Crippen LogP contribution in [0.2, 0.25) is 0 Å². The lowest BCUT2D eigenvalue weighted by atomic mass is 10.1. The topological polar surface area (TPSA) is 70.6 Å². The molecule has 0 spiro atoms. The summed E-state index contributed by atoms with van der Waals surface area (Å²) in [7, 11) is 0. The highest BCUT2D eigenvalue weighted by atomic mass is 19.3. The van der Waals surface area contributed by atoms with E-state index in [0.29, 0.717) is 5.56 Å². The molecule has 0 heterocycles. The van der Waals surface area contributed by atoms with Gasteiger partial charge >= 0.3 is 12.6 Å². The first-order valence-electron chi connectivity index (χ1n) is 6.32. The number of hydrogen-bond acceptors (Lipinski definition) is 3. The second-order valence-electron chi connectivity index (χ2n) is 4.59. The second kappa shape index (κ2) is 6.51. The second-order valence-corrected chi connectivity index (χ2v) is 4.59. The molecule has 1 fully saturated rings. The molecule has 0 aromatic heterocycles. The van der Waals surface area contributed by atoms with E-state index < -0.39 is 12.7 Å². The Balaban J connectivity index is 1.78. The Hall–Kier alpha value is -1.89. The van der Waals surface area contributed by atoms with Crippen molar-refractivity contribution in [3.8, 4) is 5.75 Å². The highest BCUT2D eigenvalue weighted by Gasteiger charge is 2.23. The van der Waals surface area contributed by atoms with Crippen LogP contribution in [0.3, 0.4) is 0 Å². The number of aliphatic hydroxyl groups excluding tert-OH is 1. The summed E-state index contributed by atoms with van der Waals surface area (Å²) in [5.41, 5.74) is 0.512. The molecule has 0 radical (unpaired) electrons. The number of carbonyl (C=O) groups excluding carboxylic acids is 1. The number of urea groups is 1. The largest absolute Gasteiger partial charge is 0.435 e. The number of alkyl halides is 2. The molecule has 0 saturated heterocycles. The quantitative estimate of drug-likeness (QED) is 0.746. The van der Waals surface area contributed by atoms with Crippen molar-refractivity contribution in [2.24, 2.45) is 0 Å². The number of benzene rings is 1. The summed E-state index contributed by atoms with van der Waals surface area (Å²) < 4.78 is 28.1. The fraction of sp³-hybridized carbons (Fsp3) is 0.462. The number of nitrogens with one attached hydrogen (secondary N) is 2. The number of rotatable bonds is 6. The standard InChI is InChI=1S/C13H16F2N2O3/c14-12(15)20-10-5-1-8(2-6-10)11(18)7-16-13(19)17-9-3-4-9/h1-2,5-6,9,11-12,18H,3-4,7H2,(H2,16,17,19). The first-order valence-corrected chi connectivity index (χ1v) is 6.32. The smallest absolute Gasteiger partial charge is 0.387 e. The van der Waals surface area contributed by atoms with Gasteiger partial charge in [0.2, 0.25) is 0 Å². The van der Waals surface area contributed by atoms with Crippen LogP contribution in [-0.4, -0.2) is 30.3 Å². The average molecular weight is 286 g/mol. The molecule has 5 nitrogen and oxygen atoms in total. The Morgan fingerprint density at radius 3 is 2.55 bits per heavy atom. The van der Waals surface area contributed by atoms with Crippen LogP contribution in [0.4, 0.5) is 13.6 Å². The number of hydrogen-bond donors (Lipinski definition) is 3. The molecule has 1 aliphatic carbocycles. The molecule has 0 aliphatic heterocycles. The van der Waals surface area contributed by atoms with Gasteiger partial charge in [0.25, 0.3) is 0 Å². The Morgan fingerprint density at radius 1 is 1.35 bits per heavy atom. The summed E-state index contributed by atoms with van der Waals surface area (Å²) in [6, 6.07) is 5.57. The van der Waals surface area contributed by atoms with Gasteiger partial charge < -0.3 is 20.5 Å². The highest BCUT2D eigenvalue weighted by molar-refractivity contribution is 5.74. The molecule has 1 unspecified atom stereocenters. The van der Waals surface area contributed by atoms with Gasteiger partial charge in [-0.2, -0.15) is 8.78 Å². The summed E-state index contributed by atoms with van der Waals surface area (Å²) in [4.78, 5) is 11.4. The summed E-state index contributed by atoms with van der Waals surface area (Å²) in [6.45, 7) is -2.83. The Kier molecular flexibility index (Phi) is 4.73. The Bertz CT molecular complexity index is 449. The van der Waals surface area contributed by atoms with E-state index in [0.717, 1.165) is 12.8 Å². The van der Waals surface area contributed by atoms with Gasteiger partial charge in [-0.15, -0.1) is 0 Å². The summed E-state index contributed by atoms with van der Waals surface area (Å²) in [5.74, 6) is 0.0235. The zero-order chi connectivity index (χ0) is 14.5. The number of amides is 2. The third-order valence-corrected chi connectivity index (χ3v) is 2.86. The molecule has 0 bridgehead atoms. The van der Waals surface area contributed by atoms with E-state index in [1.807, 2.05) is 0 Å². The van der Waals surface area contributed by atoms with Gasteiger partial charge in [0.1, 0.15) is 5.75 Å². The maximum Gasteiger partial charge on any atom is 0.387 e. The van der Waals surface area contributed by atoms with Crippen LogP contribution in [0, 0.1) is 0 Å². The van der Waals surface area contributed by atoms with E-state index in [1.54, 1.807) is 0 Å². The molecular weight excluding hydrogens is 270 g/mol. The number of carbonyl (C=O) groups is 1. The van der Waals surface area contributed by atoms with Crippen molar-refractivity contribution in [2.75, 3.05) is 6.54 Å². The van der Waals surface area contributed by atoms with Gasteiger partial charge in [-0.25, -0.2) is 4.79 Å². The van der Waals surface area contributed by atoms with Crippen molar-refractivity contribution < 1.29 is 23.4 Å². The minimum absolute atomic E-state index is 0.0235. The van der Waals surface area contributed by atoms with Crippen LogP contribution in [0.15, 0.2) is 24.3 Å². The fourth-order valence-electron chi connectivity index (χ4n) is 1.64. The van der Waals surface area contributed by atoms with Gasteiger partial charge in [-0.3, -0.25) is 0 Å². The van der Waals surface area contributed by atoms with E-state index in [2.05, 4.69) is 15.4 Å². The predicted molar refractivity (Wildman–Crippen MR) is 67.6 cm³/mol. The van der Waals surface area contributed by atoms with Crippen molar-refractivity contribution >= 4 is 6.03 Å². The number of ether oxygens (including phenoxy) is 1. The van der Waals surface area contributed by atoms with Crippen LogP contribution >= 0.6 is 0 Å². The SMILES string of the molecule is O=C(NCC(O)c1ccc(OC(F)F)cc1)NC1CC1. The van der Waals surface area contributed by atoms with Crippen LogP contribution in [0.1, 0.15) is 24.5 Å². The summed E-state index contributed by atoms with van der Waals surface area (Å²) in [5, 5.41) is 15.1. The molecule has 1 aromatic carbocycles. The third kappa shape index (κ3) is 4.65. The Morgan fingerprint density at radius 2 is 2.00 bits per heavy atom. The van der Waals surface area contributed by atoms with Gasteiger partial charge in [-0.1, -0.05) is 12.1 Å². The van der Waals surface area contributed by atoms with Gasteiger partial charge in [0, 0.05) is 12.6 Å². The van der Waals surface area contributed by atoms with Crippen LogP contribution in [0.25, 0.3) is 0 Å². The molecule has 110 valence electrons. The van der Waals surface area contributed by atoms with E-state index in [1.165, 1.54) is 24.3 Å². The number of halogens is 2. The molecule has 1 aromatic rings. The molecule has 1 saturated carbocycles. The van der Waals surface area contributed by atoms with Crippen LogP contribution in [0.5, 0.6) is 5.75 Å². The first kappa shape index (κ1) is 14.5.